The Bertz CT molecular complexity index is 798. The lowest BCUT2D eigenvalue weighted by Gasteiger charge is -2.36. The van der Waals surface area contributed by atoms with E-state index in [9.17, 15) is 9.18 Å². The Kier molecular flexibility index (Phi) is 5.39. The zero-order valence-corrected chi connectivity index (χ0v) is 15.5. The van der Waals surface area contributed by atoms with Gasteiger partial charge in [0.05, 0.1) is 5.69 Å². The van der Waals surface area contributed by atoms with Crippen LogP contribution in [0.5, 0.6) is 0 Å². The third-order valence-electron chi connectivity index (χ3n) is 5.41. The highest BCUT2D eigenvalue weighted by atomic mass is 19.1. The van der Waals surface area contributed by atoms with E-state index < -0.39 is 0 Å². The van der Waals surface area contributed by atoms with Crippen LogP contribution in [0, 0.1) is 11.7 Å². The Morgan fingerprint density at radius 1 is 1.04 bits per heavy atom. The van der Waals surface area contributed by atoms with Gasteiger partial charge in [0.25, 0.3) is 5.91 Å². The first-order valence-electron chi connectivity index (χ1n) is 9.78. The molecule has 0 aromatic heterocycles. The summed E-state index contributed by atoms with van der Waals surface area (Å²) in [4.78, 5) is 16.8. The zero-order valence-electron chi connectivity index (χ0n) is 15.5. The van der Waals surface area contributed by atoms with Crippen LogP contribution in [0.3, 0.4) is 0 Å². The highest BCUT2D eigenvalue weighted by Crippen LogP contribution is 2.27. The molecule has 1 amide bonds. The van der Waals surface area contributed by atoms with Gasteiger partial charge in [-0.2, -0.15) is 0 Å². The van der Waals surface area contributed by atoms with Gasteiger partial charge in [0.2, 0.25) is 0 Å². The molecule has 4 nitrogen and oxygen atoms in total. The van der Waals surface area contributed by atoms with Gasteiger partial charge in [-0.15, -0.1) is 0 Å². The van der Waals surface area contributed by atoms with Gasteiger partial charge in [0.15, 0.2) is 0 Å². The second kappa shape index (κ2) is 8.09. The van der Waals surface area contributed by atoms with E-state index in [0.29, 0.717) is 11.6 Å². The molecule has 1 aliphatic carbocycles. The Hall–Kier alpha value is -2.40. The first-order valence-corrected chi connectivity index (χ1v) is 9.78. The average molecular weight is 367 g/mol. The number of para-hydroxylation sites is 1. The zero-order chi connectivity index (χ0) is 18.6. The first kappa shape index (κ1) is 18.0. The fourth-order valence-corrected chi connectivity index (χ4v) is 3.59. The Labute approximate surface area is 160 Å². The Morgan fingerprint density at radius 2 is 1.81 bits per heavy atom. The van der Waals surface area contributed by atoms with Crippen LogP contribution in [-0.4, -0.2) is 43.5 Å². The molecule has 2 aliphatic rings. The summed E-state index contributed by atoms with van der Waals surface area (Å²) in [6.45, 7) is 4.99. The molecule has 2 aromatic carbocycles. The molecular weight excluding hydrogens is 341 g/mol. The number of rotatable bonds is 6. The van der Waals surface area contributed by atoms with Crippen LogP contribution in [0.1, 0.15) is 28.8 Å². The molecule has 0 radical (unpaired) electrons. The molecule has 1 saturated carbocycles. The van der Waals surface area contributed by atoms with Crippen LogP contribution < -0.4 is 10.2 Å². The summed E-state index contributed by atoms with van der Waals surface area (Å²) in [6.07, 6.45) is 2.47. The lowest BCUT2D eigenvalue weighted by Crippen LogP contribution is -2.46. The maximum atomic E-state index is 14.0. The van der Waals surface area contributed by atoms with Crippen molar-refractivity contribution < 1.29 is 9.18 Å². The number of hydrogen-bond donors (Lipinski definition) is 1. The molecule has 1 saturated heterocycles. The molecule has 2 fully saturated rings. The van der Waals surface area contributed by atoms with Crippen molar-refractivity contribution in [1.29, 1.82) is 0 Å². The molecule has 0 bridgehead atoms. The van der Waals surface area contributed by atoms with Crippen LogP contribution in [0.4, 0.5) is 10.1 Å². The number of anilines is 1. The summed E-state index contributed by atoms with van der Waals surface area (Å²) in [5.74, 6) is 0.548. The minimum Gasteiger partial charge on any atom is -0.367 e. The Morgan fingerprint density at radius 3 is 2.56 bits per heavy atom. The number of carbonyl (C=O) groups is 1. The molecule has 1 N–H and O–H groups in total. The van der Waals surface area contributed by atoms with E-state index in [1.807, 2.05) is 30.3 Å². The van der Waals surface area contributed by atoms with Crippen molar-refractivity contribution in [2.75, 3.05) is 37.6 Å². The maximum absolute atomic E-state index is 14.0. The van der Waals surface area contributed by atoms with Crippen LogP contribution in [0.15, 0.2) is 48.5 Å². The van der Waals surface area contributed by atoms with Gasteiger partial charge < -0.3 is 10.2 Å². The van der Waals surface area contributed by atoms with Crippen molar-refractivity contribution in [1.82, 2.24) is 10.2 Å². The molecule has 4 rings (SSSR count). The third-order valence-corrected chi connectivity index (χ3v) is 5.41. The van der Waals surface area contributed by atoms with Gasteiger partial charge in [0, 0.05) is 44.8 Å². The summed E-state index contributed by atoms with van der Waals surface area (Å²) in [5.41, 5.74) is 2.57. The van der Waals surface area contributed by atoms with E-state index >= 15 is 0 Å². The van der Waals surface area contributed by atoms with Crippen molar-refractivity contribution in [2.24, 2.45) is 5.92 Å². The van der Waals surface area contributed by atoms with Gasteiger partial charge in [-0.3, -0.25) is 9.69 Å². The van der Waals surface area contributed by atoms with Crippen LogP contribution >= 0.6 is 0 Å². The van der Waals surface area contributed by atoms with Crippen molar-refractivity contribution in [3.8, 4) is 0 Å². The van der Waals surface area contributed by atoms with Gasteiger partial charge in [-0.05, 0) is 48.6 Å². The topological polar surface area (TPSA) is 35.6 Å². The van der Waals surface area contributed by atoms with Gasteiger partial charge >= 0.3 is 0 Å². The number of piperazine rings is 1. The van der Waals surface area contributed by atoms with E-state index in [2.05, 4.69) is 21.2 Å². The molecule has 27 heavy (non-hydrogen) atoms. The molecule has 2 aromatic rings. The molecule has 0 unspecified atom stereocenters. The van der Waals surface area contributed by atoms with Crippen molar-refractivity contribution in [3.63, 3.8) is 0 Å². The quantitative estimate of drug-likeness (QED) is 0.851. The fourth-order valence-electron chi connectivity index (χ4n) is 3.59. The predicted molar refractivity (Wildman–Crippen MR) is 105 cm³/mol. The lowest BCUT2D eigenvalue weighted by atomic mass is 10.1. The summed E-state index contributed by atoms with van der Waals surface area (Å²) < 4.78 is 14.0. The number of benzene rings is 2. The lowest BCUT2D eigenvalue weighted by molar-refractivity contribution is 0.0951. The third kappa shape index (κ3) is 4.66. The van der Waals surface area contributed by atoms with Crippen molar-refractivity contribution in [2.45, 2.75) is 19.4 Å². The molecule has 142 valence electrons. The van der Waals surface area contributed by atoms with E-state index in [-0.39, 0.29) is 11.7 Å². The van der Waals surface area contributed by atoms with Gasteiger partial charge in [0.1, 0.15) is 5.82 Å². The van der Waals surface area contributed by atoms with E-state index in [1.54, 1.807) is 6.07 Å². The number of carbonyl (C=O) groups excluding carboxylic acids is 1. The smallest absolute Gasteiger partial charge is 0.251 e. The van der Waals surface area contributed by atoms with E-state index in [4.69, 9.17) is 0 Å². The van der Waals surface area contributed by atoms with Gasteiger partial charge in [-0.25, -0.2) is 4.39 Å². The summed E-state index contributed by atoms with van der Waals surface area (Å²) in [6, 6.07) is 14.9. The molecule has 5 heteroatoms. The average Bonchev–Trinajstić information content (AvgIpc) is 3.52. The molecule has 0 spiro atoms. The van der Waals surface area contributed by atoms with Crippen LogP contribution in [0.25, 0.3) is 0 Å². The highest BCUT2D eigenvalue weighted by Gasteiger charge is 2.22. The largest absolute Gasteiger partial charge is 0.367 e. The Balaban J connectivity index is 1.31. The normalized spacial score (nSPS) is 17.7. The standard InChI is InChI=1S/C22H26FN3O/c23-20-6-1-2-7-21(20)26-12-10-25(11-13-26)16-18-4-3-5-19(14-18)22(27)24-15-17-8-9-17/h1-7,14,17H,8-13,15-16H2,(H,24,27). The SMILES string of the molecule is O=C(NCC1CC1)c1cccc(CN2CCN(c3ccccc3F)CC2)c1. The van der Waals surface area contributed by atoms with Crippen LogP contribution in [-0.2, 0) is 6.54 Å². The molecule has 1 aliphatic heterocycles. The molecule has 0 atom stereocenters. The number of nitrogens with zero attached hydrogens (tertiary/aromatic N) is 2. The number of halogens is 1. The van der Waals surface area contributed by atoms with E-state index in [0.717, 1.165) is 50.4 Å². The number of nitrogens with one attached hydrogen (secondary N) is 1. The van der Waals surface area contributed by atoms with Crippen LogP contribution in [0.2, 0.25) is 0 Å². The molecule has 1 heterocycles. The highest BCUT2D eigenvalue weighted by molar-refractivity contribution is 5.94. The van der Waals surface area contributed by atoms with Gasteiger partial charge in [-0.1, -0.05) is 24.3 Å². The molecular formula is C22H26FN3O. The fraction of sp³-hybridized carbons (Fsp3) is 0.409. The van der Waals surface area contributed by atoms with E-state index in [1.165, 1.54) is 18.9 Å². The van der Waals surface area contributed by atoms with Crippen molar-refractivity contribution >= 4 is 11.6 Å². The van der Waals surface area contributed by atoms with Crippen molar-refractivity contribution in [3.05, 3.63) is 65.5 Å². The predicted octanol–water partition coefficient (Wildman–Crippen LogP) is 3.29. The number of amides is 1. The summed E-state index contributed by atoms with van der Waals surface area (Å²) >= 11 is 0. The first-order chi connectivity index (χ1) is 13.2. The second-order valence-corrected chi connectivity index (χ2v) is 7.57. The second-order valence-electron chi connectivity index (χ2n) is 7.57. The summed E-state index contributed by atoms with van der Waals surface area (Å²) in [7, 11) is 0. The maximum Gasteiger partial charge on any atom is 0.251 e. The number of hydrogen-bond acceptors (Lipinski definition) is 3. The minimum atomic E-state index is -0.157. The monoisotopic (exact) mass is 367 g/mol. The minimum absolute atomic E-state index is 0.0214. The summed E-state index contributed by atoms with van der Waals surface area (Å²) in [5, 5.41) is 3.03.